The van der Waals surface area contributed by atoms with E-state index in [2.05, 4.69) is 48.3 Å². The van der Waals surface area contributed by atoms with Crippen LogP contribution in [0.4, 0.5) is 0 Å². The average Bonchev–Trinajstić information content (AvgIpc) is 2.86. The molecule has 3 heteroatoms. The van der Waals surface area contributed by atoms with Gasteiger partial charge in [-0.05, 0) is 56.3 Å². The molecular weight excluding hydrogens is 260 g/mol. The van der Waals surface area contributed by atoms with Crippen LogP contribution in [0.5, 0.6) is 0 Å². The lowest BCUT2D eigenvalue weighted by molar-refractivity contribution is -0.138. The highest BCUT2D eigenvalue weighted by Gasteiger charge is 2.36. The maximum Gasteiger partial charge on any atom is 0.226 e. The Morgan fingerprint density at radius 2 is 2.14 bits per heavy atom. The van der Waals surface area contributed by atoms with Gasteiger partial charge in [-0.3, -0.25) is 4.79 Å². The second kappa shape index (κ2) is 6.18. The van der Waals surface area contributed by atoms with Crippen LogP contribution < -0.4 is 5.32 Å². The highest BCUT2D eigenvalue weighted by molar-refractivity contribution is 5.79. The van der Waals surface area contributed by atoms with Gasteiger partial charge < -0.3 is 10.2 Å². The van der Waals surface area contributed by atoms with Crippen molar-refractivity contribution >= 4 is 5.91 Å². The molecule has 2 saturated heterocycles. The fraction of sp³-hybridized carbons (Fsp3) is 0.611. The largest absolute Gasteiger partial charge is 0.339 e. The van der Waals surface area contributed by atoms with Crippen molar-refractivity contribution in [1.29, 1.82) is 0 Å². The van der Waals surface area contributed by atoms with E-state index >= 15 is 0 Å². The summed E-state index contributed by atoms with van der Waals surface area (Å²) in [5.74, 6) is 1.08. The molecule has 2 unspecified atom stereocenters. The molecule has 0 aromatic heterocycles. The molecule has 2 fully saturated rings. The summed E-state index contributed by atoms with van der Waals surface area (Å²) >= 11 is 0. The lowest BCUT2D eigenvalue weighted by atomic mass is 9.87. The number of hydrogen-bond acceptors (Lipinski definition) is 2. The third-order valence-corrected chi connectivity index (χ3v) is 5.29. The molecule has 0 aliphatic carbocycles. The number of amides is 1. The lowest BCUT2D eigenvalue weighted by Crippen LogP contribution is -2.51. The first kappa shape index (κ1) is 14.6. The van der Waals surface area contributed by atoms with Crippen LogP contribution in [0.15, 0.2) is 24.3 Å². The van der Waals surface area contributed by atoms with Gasteiger partial charge in [0.2, 0.25) is 5.91 Å². The molecule has 0 saturated carbocycles. The summed E-state index contributed by atoms with van der Waals surface area (Å²) in [5.41, 5.74) is 2.73. The zero-order valence-electron chi connectivity index (χ0n) is 13.1. The summed E-state index contributed by atoms with van der Waals surface area (Å²) in [6.07, 6.45) is 3.31. The molecule has 114 valence electrons. The molecule has 0 radical (unpaired) electrons. The number of carbonyl (C=O) groups is 1. The SMILES string of the molecule is Cc1ccccc1CC1CCCN1C(=O)C(C)C1CNC1. The highest BCUT2D eigenvalue weighted by atomic mass is 16.2. The van der Waals surface area contributed by atoms with E-state index in [0.717, 1.165) is 38.9 Å². The molecule has 0 spiro atoms. The highest BCUT2D eigenvalue weighted by Crippen LogP contribution is 2.27. The van der Waals surface area contributed by atoms with Crippen molar-refractivity contribution in [2.75, 3.05) is 19.6 Å². The van der Waals surface area contributed by atoms with Crippen LogP contribution in [-0.4, -0.2) is 36.5 Å². The Bertz CT molecular complexity index is 510. The van der Waals surface area contributed by atoms with Gasteiger partial charge in [0.15, 0.2) is 0 Å². The summed E-state index contributed by atoms with van der Waals surface area (Å²) in [7, 11) is 0. The molecule has 1 N–H and O–H groups in total. The van der Waals surface area contributed by atoms with Gasteiger partial charge in [-0.25, -0.2) is 0 Å². The monoisotopic (exact) mass is 286 g/mol. The Hall–Kier alpha value is -1.35. The van der Waals surface area contributed by atoms with E-state index in [1.165, 1.54) is 11.1 Å². The molecule has 2 aliphatic heterocycles. The quantitative estimate of drug-likeness (QED) is 0.921. The Morgan fingerprint density at radius 1 is 1.38 bits per heavy atom. The zero-order chi connectivity index (χ0) is 14.8. The Kier molecular flexibility index (Phi) is 4.29. The van der Waals surface area contributed by atoms with Crippen LogP contribution in [0.1, 0.15) is 30.9 Å². The van der Waals surface area contributed by atoms with E-state index in [-0.39, 0.29) is 5.92 Å². The Balaban J connectivity index is 1.67. The normalized spacial score (nSPS) is 23.9. The van der Waals surface area contributed by atoms with Gasteiger partial charge in [-0.15, -0.1) is 0 Å². The van der Waals surface area contributed by atoms with Gasteiger partial charge in [-0.1, -0.05) is 31.2 Å². The number of rotatable bonds is 4. The number of nitrogens with one attached hydrogen (secondary N) is 1. The van der Waals surface area contributed by atoms with E-state index in [0.29, 0.717) is 17.9 Å². The van der Waals surface area contributed by atoms with Gasteiger partial charge >= 0.3 is 0 Å². The molecule has 3 nitrogen and oxygen atoms in total. The third kappa shape index (κ3) is 2.98. The molecule has 21 heavy (non-hydrogen) atoms. The topological polar surface area (TPSA) is 32.3 Å². The van der Waals surface area contributed by atoms with E-state index in [9.17, 15) is 4.79 Å². The van der Waals surface area contributed by atoms with Crippen molar-refractivity contribution in [1.82, 2.24) is 10.2 Å². The van der Waals surface area contributed by atoms with Crippen LogP contribution in [0.3, 0.4) is 0 Å². The van der Waals surface area contributed by atoms with Gasteiger partial charge in [0.05, 0.1) is 0 Å². The van der Waals surface area contributed by atoms with E-state index < -0.39 is 0 Å². The third-order valence-electron chi connectivity index (χ3n) is 5.29. The lowest BCUT2D eigenvalue weighted by Gasteiger charge is -2.36. The molecule has 0 bridgehead atoms. The minimum atomic E-state index is 0.170. The second-order valence-corrected chi connectivity index (χ2v) is 6.67. The van der Waals surface area contributed by atoms with E-state index in [4.69, 9.17) is 0 Å². The number of carbonyl (C=O) groups excluding carboxylic acids is 1. The summed E-state index contributed by atoms with van der Waals surface area (Å²) in [6.45, 7) is 7.22. The fourth-order valence-electron chi connectivity index (χ4n) is 3.56. The molecule has 2 aliphatic rings. The van der Waals surface area contributed by atoms with Gasteiger partial charge in [0.1, 0.15) is 0 Å². The molecule has 2 atom stereocenters. The van der Waals surface area contributed by atoms with Gasteiger partial charge in [0.25, 0.3) is 0 Å². The molecule has 2 heterocycles. The summed E-state index contributed by atoms with van der Waals surface area (Å²) in [5, 5.41) is 3.28. The summed E-state index contributed by atoms with van der Waals surface area (Å²) < 4.78 is 0. The summed E-state index contributed by atoms with van der Waals surface area (Å²) in [4.78, 5) is 14.9. The predicted octanol–water partition coefficient (Wildman–Crippen LogP) is 2.38. The van der Waals surface area contributed by atoms with Crippen molar-refractivity contribution in [3.8, 4) is 0 Å². The first-order valence-corrected chi connectivity index (χ1v) is 8.22. The van der Waals surface area contributed by atoms with Gasteiger partial charge in [0, 0.05) is 18.5 Å². The predicted molar refractivity (Wildman–Crippen MR) is 85.1 cm³/mol. The number of nitrogens with zero attached hydrogens (tertiary/aromatic N) is 1. The van der Waals surface area contributed by atoms with Crippen LogP contribution in [0.2, 0.25) is 0 Å². The molecule has 1 aromatic carbocycles. The minimum Gasteiger partial charge on any atom is -0.339 e. The maximum absolute atomic E-state index is 12.8. The Labute approximate surface area is 127 Å². The molecular formula is C18H26N2O. The maximum atomic E-state index is 12.8. The smallest absolute Gasteiger partial charge is 0.226 e. The minimum absolute atomic E-state index is 0.170. The summed E-state index contributed by atoms with van der Waals surface area (Å²) in [6, 6.07) is 8.96. The molecule has 3 rings (SSSR count). The first-order valence-electron chi connectivity index (χ1n) is 8.22. The number of aryl methyl sites for hydroxylation is 1. The fourth-order valence-corrected chi connectivity index (χ4v) is 3.56. The van der Waals surface area contributed by atoms with Crippen molar-refractivity contribution in [3.05, 3.63) is 35.4 Å². The van der Waals surface area contributed by atoms with Crippen molar-refractivity contribution < 1.29 is 4.79 Å². The van der Waals surface area contributed by atoms with E-state index in [1.54, 1.807) is 0 Å². The van der Waals surface area contributed by atoms with Gasteiger partial charge in [-0.2, -0.15) is 0 Å². The first-order chi connectivity index (χ1) is 10.2. The zero-order valence-corrected chi connectivity index (χ0v) is 13.1. The van der Waals surface area contributed by atoms with Crippen LogP contribution in [0.25, 0.3) is 0 Å². The van der Waals surface area contributed by atoms with Crippen molar-refractivity contribution in [3.63, 3.8) is 0 Å². The molecule has 1 aromatic rings. The number of benzene rings is 1. The standard InChI is InChI=1S/C18H26N2O/c1-13-6-3-4-7-15(13)10-17-8-5-9-20(17)18(21)14(2)16-11-19-12-16/h3-4,6-7,14,16-17,19H,5,8-12H2,1-2H3. The number of hydrogen-bond donors (Lipinski definition) is 1. The number of likely N-dealkylation sites (tertiary alicyclic amines) is 1. The average molecular weight is 286 g/mol. The van der Waals surface area contributed by atoms with Crippen molar-refractivity contribution in [2.24, 2.45) is 11.8 Å². The Morgan fingerprint density at radius 3 is 2.81 bits per heavy atom. The molecule has 1 amide bonds. The van der Waals surface area contributed by atoms with Crippen molar-refractivity contribution in [2.45, 2.75) is 39.2 Å². The second-order valence-electron chi connectivity index (χ2n) is 6.67. The van der Waals surface area contributed by atoms with Crippen LogP contribution in [0, 0.1) is 18.8 Å². The van der Waals surface area contributed by atoms with Crippen LogP contribution >= 0.6 is 0 Å². The van der Waals surface area contributed by atoms with Crippen LogP contribution in [-0.2, 0) is 11.2 Å². The van der Waals surface area contributed by atoms with E-state index in [1.807, 2.05) is 0 Å².